The van der Waals surface area contributed by atoms with E-state index in [1.54, 1.807) is 12.4 Å². The predicted octanol–water partition coefficient (Wildman–Crippen LogP) is 3.53. The van der Waals surface area contributed by atoms with Crippen LogP contribution in [-0.4, -0.2) is 21.5 Å². The fourth-order valence-corrected chi connectivity index (χ4v) is 2.65. The van der Waals surface area contributed by atoms with Gasteiger partial charge < -0.3 is 10.3 Å². The van der Waals surface area contributed by atoms with Crippen molar-refractivity contribution in [2.45, 2.75) is 12.8 Å². The molecule has 0 aliphatic carbocycles. The fourth-order valence-electron chi connectivity index (χ4n) is 2.42. The lowest BCUT2D eigenvalue weighted by Crippen LogP contribution is -2.14. The van der Waals surface area contributed by atoms with Crippen molar-refractivity contribution in [3.8, 4) is 11.3 Å². The number of benzene rings is 1. The summed E-state index contributed by atoms with van der Waals surface area (Å²) in [5, 5.41) is 3.94. The van der Waals surface area contributed by atoms with Gasteiger partial charge in [-0.1, -0.05) is 29.8 Å². The lowest BCUT2D eigenvalue weighted by atomic mass is 10.1. The third-order valence-electron chi connectivity index (χ3n) is 3.61. The van der Waals surface area contributed by atoms with E-state index >= 15 is 0 Å². The Hall–Kier alpha value is -2.66. The zero-order valence-corrected chi connectivity index (χ0v) is 13.8. The number of rotatable bonds is 6. The van der Waals surface area contributed by atoms with Gasteiger partial charge in [0, 0.05) is 35.6 Å². The first-order valence-corrected chi connectivity index (χ1v) is 8.09. The number of halogens is 1. The van der Waals surface area contributed by atoms with Gasteiger partial charge in [-0.25, -0.2) is 0 Å². The van der Waals surface area contributed by atoms with E-state index in [0.717, 1.165) is 29.0 Å². The van der Waals surface area contributed by atoms with E-state index in [4.69, 9.17) is 11.6 Å². The fraction of sp³-hybridized carbons (Fsp3) is 0.167. The zero-order chi connectivity index (χ0) is 16.8. The molecule has 2 heterocycles. The molecule has 0 aliphatic rings. The first-order valence-electron chi connectivity index (χ1n) is 7.71. The third-order valence-corrected chi connectivity index (χ3v) is 3.98. The van der Waals surface area contributed by atoms with Gasteiger partial charge >= 0.3 is 0 Å². The number of pyridine rings is 1. The molecule has 0 spiro atoms. The highest BCUT2D eigenvalue weighted by molar-refractivity contribution is 6.31. The maximum Gasteiger partial charge on any atom is 0.275 e. The van der Waals surface area contributed by atoms with E-state index in [9.17, 15) is 4.79 Å². The SMILES string of the molecule is O=c1cc(-c2ccncc2)[nH]c(NCCCc2ccccc2Cl)n1. The Bertz CT molecular complexity index is 864. The summed E-state index contributed by atoms with van der Waals surface area (Å²) in [5.74, 6) is 0.466. The van der Waals surface area contributed by atoms with Crippen molar-refractivity contribution in [1.29, 1.82) is 0 Å². The molecule has 6 heteroatoms. The molecule has 0 aliphatic heterocycles. The second-order valence-corrected chi connectivity index (χ2v) is 5.75. The van der Waals surface area contributed by atoms with E-state index in [2.05, 4.69) is 20.3 Å². The maximum atomic E-state index is 11.8. The normalized spacial score (nSPS) is 10.5. The molecule has 0 atom stereocenters. The molecular weight excluding hydrogens is 324 g/mol. The Balaban J connectivity index is 1.62. The number of anilines is 1. The van der Waals surface area contributed by atoms with Crippen LogP contribution in [0, 0.1) is 0 Å². The summed E-state index contributed by atoms with van der Waals surface area (Å²) in [7, 11) is 0. The number of nitrogens with zero attached hydrogens (tertiary/aromatic N) is 2. The molecule has 0 bridgehead atoms. The van der Waals surface area contributed by atoms with Crippen molar-refractivity contribution in [3.63, 3.8) is 0 Å². The minimum absolute atomic E-state index is 0.283. The number of hydrogen-bond acceptors (Lipinski definition) is 4. The quantitative estimate of drug-likeness (QED) is 0.673. The lowest BCUT2D eigenvalue weighted by molar-refractivity contribution is 0.852. The van der Waals surface area contributed by atoms with Crippen molar-refractivity contribution in [2.24, 2.45) is 0 Å². The van der Waals surface area contributed by atoms with Gasteiger partial charge in [0.05, 0.1) is 5.69 Å². The van der Waals surface area contributed by atoms with Crippen LogP contribution in [0.25, 0.3) is 11.3 Å². The summed E-state index contributed by atoms with van der Waals surface area (Å²) in [6.45, 7) is 0.688. The van der Waals surface area contributed by atoms with Gasteiger partial charge in [-0.15, -0.1) is 0 Å². The highest BCUT2D eigenvalue weighted by atomic mass is 35.5. The van der Waals surface area contributed by atoms with Crippen LogP contribution in [-0.2, 0) is 6.42 Å². The zero-order valence-electron chi connectivity index (χ0n) is 13.0. The number of nitrogens with one attached hydrogen (secondary N) is 2. The minimum Gasteiger partial charge on any atom is -0.356 e. The summed E-state index contributed by atoms with van der Waals surface area (Å²) in [5.41, 5.74) is 2.44. The number of aromatic nitrogens is 3. The molecule has 24 heavy (non-hydrogen) atoms. The van der Waals surface area contributed by atoms with Crippen LogP contribution < -0.4 is 10.9 Å². The average molecular weight is 341 g/mol. The highest BCUT2D eigenvalue weighted by Gasteiger charge is 2.04. The van der Waals surface area contributed by atoms with Gasteiger partial charge in [-0.3, -0.25) is 9.78 Å². The second-order valence-electron chi connectivity index (χ2n) is 5.34. The van der Waals surface area contributed by atoms with Crippen molar-refractivity contribution in [2.75, 3.05) is 11.9 Å². The minimum atomic E-state index is -0.283. The summed E-state index contributed by atoms with van der Waals surface area (Å²) < 4.78 is 0. The van der Waals surface area contributed by atoms with Crippen molar-refractivity contribution in [1.82, 2.24) is 15.0 Å². The number of aromatic amines is 1. The predicted molar refractivity (Wildman–Crippen MR) is 96.4 cm³/mol. The van der Waals surface area contributed by atoms with Crippen molar-refractivity contribution in [3.05, 3.63) is 75.8 Å². The van der Waals surface area contributed by atoms with E-state index in [-0.39, 0.29) is 5.56 Å². The molecule has 0 unspecified atom stereocenters. The summed E-state index contributed by atoms with van der Waals surface area (Å²) in [4.78, 5) is 22.9. The Kier molecular flexibility index (Phi) is 5.23. The molecule has 0 radical (unpaired) electrons. The van der Waals surface area contributed by atoms with E-state index in [0.29, 0.717) is 18.2 Å². The molecular formula is C18H17ClN4O. The molecule has 0 saturated heterocycles. The van der Waals surface area contributed by atoms with Crippen LogP contribution in [0.4, 0.5) is 5.95 Å². The number of H-pyrrole nitrogens is 1. The molecule has 0 saturated carbocycles. The maximum absolute atomic E-state index is 11.8. The van der Waals surface area contributed by atoms with Gasteiger partial charge in [0.15, 0.2) is 0 Å². The van der Waals surface area contributed by atoms with E-state index in [1.807, 2.05) is 36.4 Å². The molecule has 0 fully saturated rings. The molecule has 1 aromatic carbocycles. The van der Waals surface area contributed by atoms with Crippen LogP contribution in [0.3, 0.4) is 0 Å². The van der Waals surface area contributed by atoms with Crippen LogP contribution in [0.2, 0.25) is 5.02 Å². The number of aryl methyl sites for hydroxylation is 1. The second kappa shape index (κ2) is 7.75. The monoisotopic (exact) mass is 340 g/mol. The molecule has 2 N–H and O–H groups in total. The summed E-state index contributed by atoms with van der Waals surface area (Å²) in [6.07, 6.45) is 5.11. The Morgan fingerprint density at radius 1 is 1.12 bits per heavy atom. The van der Waals surface area contributed by atoms with Crippen LogP contribution >= 0.6 is 11.6 Å². The van der Waals surface area contributed by atoms with E-state index in [1.165, 1.54) is 6.07 Å². The topological polar surface area (TPSA) is 70.7 Å². The van der Waals surface area contributed by atoms with Gasteiger partial charge in [-0.2, -0.15) is 4.98 Å². The Labute approximate surface area is 144 Å². The summed E-state index contributed by atoms with van der Waals surface area (Å²) >= 11 is 6.14. The van der Waals surface area contributed by atoms with Gasteiger partial charge in [0.2, 0.25) is 5.95 Å². The first-order chi connectivity index (χ1) is 11.7. The standard InChI is InChI=1S/C18H17ClN4O/c19-15-6-2-1-4-13(15)5-3-9-21-18-22-16(12-17(24)23-18)14-7-10-20-11-8-14/h1-2,4,6-8,10-12H,3,5,9H2,(H2,21,22,23,24). The average Bonchev–Trinajstić information content (AvgIpc) is 2.60. The van der Waals surface area contributed by atoms with Crippen LogP contribution in [0.15, 0.2) is 59.7 Å². The molecule has 122 valence electrons. The summed E-state index contributed by atoms with van der Waals surface area (Å²) in [6, 6.07) is 13.0. The van der Waals surface area contributed by atoms with Crippen molar-refractivity contribution >= 4 is 17.5 Å². The molecule has 5 nitrogen and oxygen atoms in total. The van der Waals surface area contributed by atoms with Gasteiger partial charge in [-0.05, 0) is 36.6 Å². The van der Waals surface area contributed by atoms with Crippen LogP contribution in [0.1, 0.15) is 12.0 Å². The first kappa shape index (κ1) is 16.2. The Morgan fingerprint density at radius 2 is 1.92 bits per heavy atom. The van der Waals surface area contributed by atoms with Crippen molar-refractivity contribution < 1.29 is 0 Å². The largest absolute Gasteiger partial charge is 0.356 e. The smallest absolute Gasteiger partial charge is 0.275 e. The third kappa shape index (κ3) is 4.20. The van der Waals surface area contributed by atoms with Crippen LogP contribution in [0.5, 0.6) is 0 Å². The number of hydrogen-bond donors (Lipinski definition) is 2. The van der Waals surface area contributed by atoms with Gasteiger partial charge in [0.1, 0.15) is 0 Å². The molecule has 3 rings (SSSR count). The molecule has 2 aromatic heterocycles. The highest BCUT2D eigenvalue weighted by Crippen LogP contribution is 2.17. The Morgan fingerprint density at radius 3 is 2.71 bits per heavy atom. The molecule has 0 amide bonds. The lowest BCUT2D eigenvalue weighted by Gasteiger charge is -2.08. The molecule has 3 aromatic rings. The van der Waals surface area contributed by atoms with E-state index < -0.39 is 0 Å². The van der Waals surface area contributed by atoms with Gasteiger partial charge in [0.25, 0.3) is 5.56 Å².